The molecule has 2 aliphatic rings. The van der Waals surface area contributed by atoms with Gasteiger partial charge in [0.25, 0.3) is 0 Å². The van der Waals surface area contributed by atoms with Crippen molar-refractivity contribution in [2.75, 3.05) is 0 Å². The molecular formula is C25H30O3. The van der Waals surface area contributed by atoms with Crippen molar-refractivity contribution in [2.24, 2.45) is 0 Å². The molecule has 0 spiro atoms. The predicted octanol–water partition coefficient (Wildman–Crippen LogP) is 5.84. The molecule has 2 aromatic rings. The summed E-state index contributed by atoms with van der Waals surface area (Å²) in [4.78, 5) is 0. The molecule has 0 amide bonds. The van der Waals surface area contributed by atoms with E-state index in [1.807, 2.05) is 54.6 Å². The Morgan fingerprint density at radius 3 is 2.04 bits per heavy atom. The van der Waals surface area contributed by atoms with Crippen molar-refractivity contribution in [1.82, 2.24) is 0 Å². The highest BCUT2D eigenvalue weighted by Crippen LogP contribution is 2.22. The first-order valence-corrected chi connectivity index (χ1v) is 10.2. The molecule has 0 heterocycles. The summed E-state index contributed by atoms with van der Waals surface area (Å²) in [6, 6.07) is 18.1. The lowest BCUT2D eigenvalue weighted by Gasteiger charge is -2.18. The molecule has 2 unspecified atom stereocenters. The average molecular weight is 379 g/mol. The smallest absolute Gasteiger partial charge is 0.120 e. The van der Waals surface area contributed by atoms with Crippen molar-refractivity contribution < 1.29 is 14.6 Å². The number of hydrogen-bond acceptors (Lipinski definition) is 3. The molecule has 0 saturated heterocycles. The van der Waals surface area contributed by atoms with E-state index in [4.69, 9.17) is 14.6 Å². The van der Waals surface area contributed by atoms with Gasteiger partial charge in [0.15, 0.2) is 0 Å². The van der Waals surface area contributed by atoms with E-state index in [1.54, 1.807) is 0 Å². The van der Waals surface area contributed by atoms with E-state index in [-0.39, 0.29) is 12.2 Å². The van der Waals surface area contributed by atoms with Crippen LogP contribution in [0.2, 0.25) is 0 Å². The van der Waals surface area contributed by atoms with E-state index < -0.39 is 0 Å². The summed E-state index contributed by atoms with van der Waals surface area (Å²) in [7, 11) is 0. The lowest BCUT2D eigenvalue weighted by atomic mass is 10.1. The summed E-state index contributed by atoms with van der Waals surface area (Å²) in [5.74, 6) is 1.77. The summed E-state index contributed by atoms with van der Waals surface area (Å²) in [6.07, 6.45) is 15.1. The Balaban J connectivity index is 0.000000271. The summed E-state index contributed by atoms with van der Waals surface area (Å²) in [5, 5.41) is 8.82. The molecule has 0 fully saturated rings. The Labute approximate surface area is 168 Å². The van der Waals surface area contributed by atoms with Crippen LogP contribution < -0.4 is 9.47 Å². The normalized spacial score (nSPS) is 20.8. The quantitative estimate of drug-likeness (QED) is 0.664. The van der Waals surface area contributed by atoms with Crippen molar-refractivity contribution in [1.29, 1.82) is 0 Å². The molecule has 2 atom stereocenters. The SMILES string of the molecule is C1=CC(Oc2ccc(OCc3ccccc3)cc2)CCC1.OC1C=CCCC1. The Hall–Kier alpha value is -2.52. The zero-order valence-corrected chi connectivity index (χ0v) is 16.4. The molecular weight excluding hydrogens is 348 g/mol. The van der Waals surface area contributed by atoms with E-state index >= 15 is 0 Å². The van der Waals surface area contributed by atoms with Gasteiger partial charge in [-0.25, -0.2) is 0 Å². The Morgan fingerprint density at radius 2 is 1.46 bits per heavy atom. The fourth-order valence-corrected chi connectivity index (χ4v) is 3.20. The van der Waals surface area contributed by atoms with Gasteiger partial charge >= 0.3 is 0 Å². The van der Waals surface area contributed by atoms with E-state index in [0.717, 1.165) is 37.2 Å². The summed E-state index contributed by atoms with van der Waals surface area (Å²) in [5.41, 5.74) is 1.17. The highest BCUT2D eigenvalue weighted by Gasteiger charge is 2.09. The Morgan fingerprint density at radius 1 is 0.786 bits per heavy atom. The van der Waals surface area contributed by atoms with E-state index in [2.05, 4.69) is 24.3 Å². The highest BCUT2D eigenvalue weighted by molar-refractivity contribution is 5.32. The Kier molecular flexibility index (Phi) is 8.20. The molecule has 0 radical (unpaired) electrons. The number of aliphatic hydroxyl groups excluding tert-OH is 1. The standard InChI is InChI=1S/C19H20O2.C6H10O/c1-3-7-16(8-4-1)15-20-17-11-13-19(14-12-17)21-18-9-5-2-6-10-18;7-6-4-2-1-3-5-6/h1,3-5,7-9,11-14,18H,2,6,10,15H2;2,4,6-7H,1,3,5H2. The van der Waals surface area contributed by atoms with Crippen molar-refractivity contribution >= 4 is 0 Å². The van der Waals surface area contributed by atoms with E-state index in [0.29, 0.717) is 6.61 Å². The average Bonchev–Trinajstić information content (AvgIpc) is 2.76. The van der Waals surface area contributed by atoms with Gasteiger partial charge in [-0.3, -0.25) is 0 Å². The summed E-state index contributed by atoms with van der Waals surface area (Å²) in [6.45, 7) is 0.590. The van der Waals surface area contributed by atoms with Crippen LogP contribution in [0.25, 0.3) is 0 Å². The second-order valence-electron chi connectivity index (χ2n) is 7.19. The molecule has 2 aliphatic carbocycles. The van der Waals surface area contributed by atoms with Gasteiger partial charge in [0.05, 0.1) is 6.10 Å². The third-order valence-corrected chi connectivity index (χ3v) is 4.80. The van der Waals surface area contributed by atoms with Crippen LogP contribution in [-0.4, -0.2) is 17.3 Å². The second-order valence-corrected chi connectivity index (χ2v) is 7.19. The van der Waals surface area contributed by atoms with Gasteiger partial charge in [-0.2, -0.15) is 0 Å². The number of rotatable bonds is 5. The van der Waals surface area contributed by atoms with Crippen molar-refractivity contribution in [2.45, 2.75) is 57.3 Å². The first-order valence-electron chi connectivity index (χ1n) is 10.2. The van der Waals surface area contributed by atoms with Crippen LogP contribution in [0.5, 0.6) is 11.5 Å². The Bertz CT molecular complexity index is 734. The highest BCUT2D eigenvalue weighted by atomic mass is 16.5. The van der Waals surface area contributed by atoms with Gasteiger partial charge in [-0.15, -0.1) is 0 Å². The fraction of sp³-hybridized carbons (Fsp3) is 0.360. The fourth-order valence-electron chi connectivity index (χ4n) is 3.20. The largest absolute Gasteiger partial charge is 0.489 e. The third kappa shape index (κ3) is 7.24. The predicted molar refractivity (Wildman–Crippen MR) is 114 cm³/mol. The summed E-state index contributed by atoms with van der Waals surface area (Å²) < 4.78 is 11.7. The van der Waals surface area contributed by atoms with Crippen LogP contribution in [0.1, 0.15) is 44.1 Å². The number of ether oxygens (including phenoxy) is 2. The minimum atomic E-state index is -0.145. The van der Waals surface area contributed by atoms with Crippen molar-refractivity contribution in [3.8, 4) is 11.5 Å². The molecule has 28 heavy (non-hydrogen) atoms. The first kappa shape index (κ1) is 20.2. The van der Waals surface area contributed by atoms with Crippen LogP contribution >= 0.6 is 0 Å². The van der Waals surface area contributed by atoms with Gasteiger partial charge in [0.2, 0.25) is 0 Å². The topological polar surface area (TPSA) is 38.7 Å². The molecule has 0 saturated carbocycles. The third-order valence-electron chi connectivity index (χ3n) is 4.80. The molecule has 3 heteroatoms. The molecule has 148 valence electrons. The van der Waals surface area contributed by atoms with Crippen LogP contribution in [-0.2, 0) is 6.61 Å². The van der Waals surface area contributed by atoms with E-state index in [1.165, 1.54) is 18.4 Å². The van der Waals surface area contributed by atoms with Gasteiger partial charge in [-0.05, 0) is 74.4 Å². The van der Waals surface area contributed by atoms with Gasteiger partial charge in [0, 0.05) is 0 Å². The molecule has 4 rings (SSSR count). The molecule has 3 nitrogen and oxygen atoms in total. The minimum Gasteiger partial charge on any atom is -0.489 e. The number of allylic oxidation sites excluding steroid dienone is 2. The van der Waals surface area contributed by atoms with Crippen molar-refractivity contribution in [3.63, 3.8) is 0 Å². The lowest BCUT2D eigenvalue weighted by molar-refractivity contribution is 0.204. The lowest BCUT2D eigenvalue weighted by Crippen LogP contribution is -2.15. The monoisotopic (exact) mass is 378 g/mol. The summed E-state index contributed by atoms with van der Waals surface area (Å²) >= 11 is 0. The number of aliphatic hydroxyl groups is 1. The van der Waals surface area contributed by atoms with Crippen LogP contribution in [0.15, 0.2) is 78.9 Å². The maximum Gasteiger partial charge on any atom is 0.120 e. The van der Waals surface area contributed by atoms with E-state index in [9.17, 15) is 0 Å². The second kappa shape index (κ2) is 11.4. The zero-order chi connectivity index (χ0) is 19.4. The maximum absolute atomic E-state index is 8.82. The number of benzene rings is 2. The maximum atomic E-state index is 8.82. The zero-order valence-electron chi connectivity index (χ0n) is 16.4. The minimum absolute atomic E-state index is 0.145. The molecule has 0 bridgehead atoms. The van der Waals surface area contributed by atoms with Crippen LogP contribution in [0.3, 0.4) is 0 Å². The van der Waals surface area contributed by atoms with Gasteiger partial charge in [-0.1, -0.05) is 48.6 Å². The van der Waals surface area contributed by atoms with Crippen molar-refractivity contribution in [3.05, 3.63) is 84.5 Å². The molecule has 0 aliphatic heterocycles. The van der Waals surface area contributed by atoms with Gasteiger partial charge in [0.1, 0.15) is 24.2 Å². The van der Waals surface area contributed by atoms with Crippen LogP contribution in [0, 0.1) is 0 Å². The molecule has 1 N–H and O–H groups in total. The van der Waals surface area contributed by atoms with Crippen LogP contribution in [0.4, 0.5) is 0 Å². The molecule has 2 aromatic carbocycles. The number of hydrogen-bond donors (Lipinski definition) is 1. The van der Waals surface area contributed by atoms with Gasteiger partial charge < -0.3 is 14.6 Å². The first-order chi connectivity index (χ1) is 13.8. The molecule has 0 aromatic heterocycles.